The number of para-hydroxylation sites is 2. The molecule has 0 bridgehead atoms. The van der Waals surface area contributed by atoms with Crippen molar-refractivity contribution in [2.45, 2.75) is 37.7 Å². The molecule has 2 aromatic carbocycles. The average Bonchev–Trinajstić information content (AvgIpc) is 3.44. The molecule has 1 amide bonds. The second-order valence-corrected chi connectivity index (χ2v) is 8.58. The first kappa shape index (κ1) is 19.0. The molecule has 0 saturated heterocycles. The average molecular weight is 425 g/mol. The van der Waals surface area contributed by atoms with E-state index in [9.17, 15) is 4.79 Å². The minimum absolute atomic E-state index is 0.0752. The molecule has 2 aromatic heterocycles. The van der Waals surface area contributed by atoms with Gasteiger partial charge in [-0.15, -0.1) is 0 Å². The molecule has 1 aliphatic heterocycles. The highest BCUT2D eigenvalue weighted by Crippen LogP contribution is 2.38. The number of benzene rings is 2. The zero-order chi connectivity index (χ0) is 21.5. The van der Waals surface area contributed by atoms with Crippen LogP contribution in [0.5, 0.6) is 5.75 Å². The molecule has 32 heavy (non-hydrogen) atoms. The smallest absolute Gasteiger partial charge is 0.229 e. The summed E-state index contributed by atoms with van der Waals surface area (Å²) in [7, 11) is 0. The van der Waals surface area contributed by atoms with Gasteiger partial charge in [0.2, 0.25) is 5.91 Å². The first-order valence-corrected chi connectivity index (χ1v) is 11.2. The number of fused-ring (bicyclic) bond motifs is 4. The molecule has 2 N–H and O–H groups in total. The topological polar surface area (TPSA) is 79.9 Å². The number of carbonyl (C=O) groups excluding carboxylic acids is 1. The highest BCUT2D eigenvalue weighted by molar-refractivity contribution is 5.90. The number of aromatic nitrogens is 3. The lowest BCUT2D eigenvalue weighted by Crippen LogP contribution is -2.38. The zero-order valence-corrected chi connectivity index (χ0v) is 17.7. The number of nitrogens with one attached hydrogen (secondary N) is 2. The maximum atomic E-state index is 13.2. The molecule has 6 nitrogen and oxygen atoms in total. The van der Waals surface area contributed by atoms with Crippen LogP contribution < -0.4 is 10.1 Å². The van der Waals surface area contributed by atoms with E-state index < -0.39 is 0 Å². The van der Waals surface area contributed by atoms with Crippen LogP contribution in [-0.4, -0.2) is 33.5 Å². The Morgan fingerprint density at radius 2 is 2.09 bits per heavy atom. The van der Waals surface area contributed by atoms with Crippen molar-refractivity contribution in [3.8, 4) is 17.0 Å². The Hall–Kier alpha value is -3.67. The largest absolute Gasteiger partial charge is 0.487 e. The van der Waals surface area contributed by atoms with E-state index in [1.165, 1.54) is 10.9 Å². The first-order valence-electron chi connectivity index (χ1n) is 11.2. The van der Waals surface area contributed by atoms with Gasteiger partial charge >= 0.3 is 0 Å². The second kappa shape index (κ2) is 7.79. The van der Waals surface area contributed by atoms with Gasteiger partial charge in [-0.2, -0.15) is 0 Å². The van der Waals surface area contributed by atoms with Crippen molar-refractivity contribution in [3.05, 3.63) is 77.9 Å². The molecular weight excluding hydrogens is 400 g/mol. The van der Waals surface area contributed by atoms with Gasteiger partial charge in [0.05, 0.1) is 24.4 Å². The van der Waals surface area contributed by atoms with Crippen LogP contribution in [-0.2, 0) is 17.6 Å². The quantitative estimate of drug-likeness (QED) is 0.515. The van der Waals surface area contributed by atoms with Crippen LogP contribution in [0.25, 0.3) is 22.2 Å². The molecule has 0 saturated carbocycles. The van der Waals surface area contributed by atoms with Crippen molar-refractivity contribution in [2.75, 3.05) is 6.54 Å². The summed E-state index contributed by atoms with van der Waals surface area (Å²) in [5.41, 5.74) is 6.37. The maximum Gasteiger partial charge on any atom is 0.229 e. The third kappa shape index (κ3) is 3.23. The van der Waals surface area contributed by atoms with E-state index in [2.05, 4.69) is 44.5 Å². The van der Waals surface area contributed by atoms with E-state index in [0.29, 0.717) is 6.54 Å². The van der Waals surface area contributed by atoms with Gasteiger partial charge < -0.3 is 15.0 Å². The fourth-order valence-electron chi connectivity index (χ4n) is 5.11. The van der Waals surface area contributed by atoms with Gasteiger partial charge in [0.15, 0.2) is 0 Å². The normalized spacial score (nSPS) is 19.2. The van der Waals surface area contributed by atoms with Crippen LogP contribution in [0.15, 0.2) is 61.1 Å². The number of nitrogens with zero attached hydrogens (tertiary/aromatic N) is 2. The number of amides is 1. The Labute approximate surface area is 186 Å². The van der Waals surface area contributed by atoms with E-state index >= 15 is 0 Å². The Morgan fingerprint density at radius 1 is 1.16 bits per heavy atom. The fraction of sp³-hybridized carbons (Fsp3) is 0.269. The molecule has 6 heteroatoms. The summed E-state index contributed by atoms with van der Waals surface area (Å²) in [5.74, 6) is 0.791. The summed E-state index contributed by atoms with van der Waals surface area (Å²) >= 11 is 0. The predicted octanol–water partition coefficient (Wildman–Crippen LogP) is 4.16. The molecule has 2 atom stereocenters. The van der Waals surface area contributed by atoms with Crippen molar-refractivity contribution < 1.29 is 9.53 Å². The van der Waals surface area contributed by atoms with Crippen LogP contribution in [0.2, 0.25) is 0 Å². The fourth-order valence-corrected chi connectivity index (χ4v) is 5.11. The number of rotatable bonds is 4. The highest BCUT2D eigenvalue weighted by atomic mass is 16.5. The van der Waals surface area contributed by atoms with Crippen molar-refractivity contribution in [2.24, 2.45) is 0 Å². The Morgan fingerprint density at radius 3 is 3.00 bits per heavy atom. The summed E-state index contributed by atoms with van der Waals surface area (Å²) in [6.07, 6.45) is 8.70. The van der Waals surface area contributed by atoms with Gasteiger partial charge in [-0.1, -0.05) is 30.3 Å². The minimum Gasteiger partial charge on any atom is -0.487 e. The highest BCUT2D eigenvalue weighted by Gasteiger charge is 2.31. The third-order valence-corrected chi connectivity index (χ3v) is 6.60. The lowest BCUT2D eigenvalue weighted by molar-refractivity contribution is -0.123. The molecule has 0 radical (unpaired) electrons. The van der Waals surface area contributed by atoms with Crippen molar-refractivity contribution in [3.63, 3.8) is 0 Å². The van der Waals surface area contributed by atoms with Gasteiger partial charge in [0.1, 0.15) is 11.9 Å². The van der Waals surface area contributed by atoms with E-state index in [-0.39, 0.29) is 17.9 Å². The lowest BCUT2D eigenvalue weighted by Gasteiger charge is -2.23. The summed E-state index contributed by atoms with van der Waals surface area (Å²) < 4.78 is 6.26. The molecule has 1 aliphatic carbocycles. The van der Waals surface area contributed by atoms with Crippen molar-refractivity contribution >= 4 is 16.8 Å². The molecule has 160 valence electrons. The molecule has 4 aromatic rings. The monoisotopic (exact) mass is 424 g/mol. The molecule has 2 aliphatic rings. The molecule has 6 rings (SSSR count). The molecule has 0 spiro atoms. The van der Waals surface area contributed by atoms with Crippen LogP contribution in [0, 0.1) is 0 Å². The second-order valence-electron chi connectivity index (χ2n) is 8.58. The van der Waals surface area contributed by atoms with Gasteiger partial charge in [0, 0.05) is 41.0 Å². The van der Waals surface area contributed by atoms with E-state index in [1.807, 2.05) is 18.2 Å². The minimum atomic E-state index is -0.134. The number of aromatic amines is 1. The number of aryl methyl sites for hydroxylation is 1. The first-order chi connectivity index (χ1) is 15.8. The molecular formula is C26H24N4O2. The molecule has 0 unspecified atom stereocenters. The van der Waals surface area contributed by atoms with Crippen LogP contribution >= 0.6 is 0 Å². The molecule has 0 fully saturated rings. The predicted molar refractivity (Wildman–Crippen MR) is 123 cm³/mol. The Bertz CT molecular complexity index is 1300. The maximum absolute atomic E-state index is 13.2. The SMILES string of the molecule is O=C(NC[C@@H]1Cc2cccc(-c3cnccn3)c2O1)[C@H]1CCCc2c1[nH]c1ccccc21. The van der Waals surface area contributed by atoms with E-state index in [0.717, 1.165) is 59.5 Å². The summed E-state index contributed by atoms with van der Waals surface area (Å²) in [6, 6.07) is 14.4. The Kier molecular flexibility index (Phi) is 4.63. The van der Waals surface area contributed by atoms with Gasteiger partial charge in [-0.05, 0) is 42.5 Å². The van der Waals surface area contributed by atoms with Gasteiger partial charge in [-0.25, -0.2) is 0 Å². The molecule has 3 heterocycles. The standard InChI is InChI=1S/C26H24N4O2/c31-26(21-9-4-7-19-18-6-1-2-10-22(18)30-24(19)21)29-14-17-13-16-5-3-8-20(25(16)32-17)23-15-27-11-12-28-23/h1-3,5-6,8,10-12,15,17,21,30H,4,7,9,13-14H2,(H,29,31)/t17-,21-/m0/s1. The van der Waals surface area contributed by atoms with Crippen LogP contribution in [0.1, 0.15) is 35.6 Å². The van der Waals surface area contributed by atoms with Gasteiger partial charge in [0.25, 0.3) is 0 Å². The zero-order valence-electron chi connectivity index (χ0n) is 17.7. The number of hydrogen-bond donors (Lipinski definition) is 2. The summed E-state index contributed by atoms with van der Waals surface area (Å²) in [5, 5.41) is 4.40. The summed E-state index contributed by atoms with van der Waals surface area (Å²) in [4.78, 5) is 25.2. The van der Waals surface area contributed by atoms with E-state index in [4.69, 9.17) is 4.74 Å². The van der Waals surface area contributed by atoms with Crippen molar-refractivity contribution in [1.82, 2.24) is 20.3 Å². The Balaban J connectivity index is 1.17. The summed E-state index contributed by atoms with van der Waals surface area (Å²) in [6.45, 7) is 0.486. The number of hydrogen-bond acceptors (Lipinski definition) is 4. The number of ether oxygens (including phenoxy) is 1. The number of H-pyrrole nitrogens is 1. The number of carbonyl (C=O) groups is 1. The van der Waals surface area contributed by atoms with Crippen LogP contribution in [0.3, 0.4) is 0 Å². The van der Waals surface area contributed by atoms with Crippen molar-refractivity contribution in [1.29, 1.82) is 0 Å². The van der Waals surface area contributed by atoms with E-state index in [1.54, 1.807) is 18.6 Å². The lowest BCUT2D eigenvalue weighted by atomic mass is 9.86. The van der Waals surface area contributed by atoms with Crippen LogP contribution in [0.4, 0.5) is 0 Å². The third-order valence-electron chi connectivity index (χ3n) is 6.60. The van der Waals surface area contributed by atoms with Gasteiger partial charge in [-0.3, -0.25) is 14.8 Å².